The molecule has 0 fully saturated rings. The smallest absolute Gasteiger partial charge is 0.0930 e. The Bertz CT molecular complexity index is 243. The van der Waals surface area contributed by atoms with Crippen molar-refractivity contribution in [3.8, 4) is 0 Å². The molecule has 0 aromatic carbocycles. The summed E-state index contributed by atoms with van der Waals surface area (Å²) in [5.74, 6) is 0.707. The number of nitrogens with one attached hydrogen (secondary N) is 1. The van der Waals surface area contributed by atoms with Gasteiger partial charge in [-0.05, 0) is 12.5 Å². The van der Waals surface area contributed by atoms with Gasteiger partial charge in [0.1, 0.15) is 0 Å². The van der Waals surface area contributed by atoms with Crippen molar-refractivity contribution >= 4 is 11.3 Å². The Labute approximate surface area is 84.4 Å². The van der Waals surface area contributed by atoms with E-state index in [1.165, 1.54) is 9.88 Å². The van der Waals surface area contributed by atoms with Crippen LogP contribution in [-0.4, -0.2) is 11.5 Å². The number of rotatable bonds is 5. The topological polar surface area (TPSA) is 24.9 Å². The molecule has 74 valence electrons. The number of nitrogens with zero attached hydrogens (tertiary/aromatic N) is 1. The number of hydrogen-bond acceptors (Lipinski definition) is 3. The minimum Gasteiger partial charge on any atom is -0.312 e. The van der Waals surface area contributed by atoms with E-state index in [0.717, 1.165) is 19.5 Å². The fourth-order valence-electron chi connectivity index (χ4n) is 1.12. The summed E-state index contributed by atoms with van der Waals surface area (Å²) in [7, 11) is 0. The molecule has 1 aromatic rings. The molecule has 0 atom stereocenters. The first-order valence-electron chi connectivity index (χ1n) is 4.86. The van der Waals surface area contributed by atoms with Crippen LogP contribution < -0.4 is 5.32 Å². The van der Waals surface area contributed by atoms with Crippen molar-refractivity contribution in [1.29, 1.82) is 0 Å². The first-order chi connectivity index (χ1) is 6.22. The third-order valence-electron chi connectivity index (χ3n) is 1.73. The summed E-state index contributed by atoms with van der Waals surface area (Å²) in [6.45, 7) is 8.57. The van der Waals surface area contributed by atoms with Gasteiger partial charge in [0.2, 0.25) is 0 Å². The van der Waals surface area contributed by atoms with E-state index in [9.17, 15) is 0 Å². The van der Waals surface area contributed by atoms with Crippen LogP contribution in [0, 0.1) is 5.92 Å². The Morgan fingerprint density at radius 2 is 2.31 bits per heavy atom. The van der Waals surface area contributed by atoms with Crippen LogP contribution >= 0.6 is 11.3 Å². The quantitative estimate of drug-likeness (QED) is 0.786. The largest absolute Gasteiger partial charge is 0.312 e. The monoisotopic (exact) mass is 198 g/mol. The van der Waals surface area contributed by atoms with Crippen LogP contribution in [0.2, 0.25) is 0 Å². The summed E-state index contributed by atoms with van der Waals surface area (Å²) in [5, 5.41) is 4.57. The zero-order valence-electron chi connectivity index (χ0n) is 8.63. The van der Waals surface area contributed by atoms with Crippen LogP contribution in [-0.2, 0) is 13.0 Å². The Morgan fingerprint density at radius 3 is 2.92 bits per heavy atom. The van der Waals surface area contributed by atoms with Crippen LogP contribution in [0.25, 0.3) is 0 Å². The predicted molar refractivity (Wildman–Crippen MR) is 58.0 cm³/mol. The van der Waals surface area contributed by atoms with Crippen molar-refractivity contribution in [1.82, 2.24) is 10.3 Å². The van der Waals surface area contributed by atoms with Crippen LogP contribution in [0.3, 0.4) is 0 Å². The van der Waals surface area contributed by atoms with E-state index in [4.69, 9.17) is 0 Å². The molecule has 0 unspecified atom stereocenters. The van der Waals surface area contributed by atoms with Gasteiger partial charge in [-0.1, -0.05) is 20.8 Å². The minimum atomic E-state index is 0.707. The molecule has 0 aliphatic carbocycles. The molecule has 0 spiro atoms. The average molecular weight is 198 g/mol. The zero-order valence-corrected chi connectivity index (χ0v) is 9.45. The summed E-state index contributed by atoms with van der Waals surface area (Å²) in [6.07, 6.45) is 3.10. The second kappa shape index (κ2) is 5.35. The van der Waals surface area contributed by atoms with Gasteiger partial charge in [-0.2, -0.15) is 0 Å². The normalized spacial score (nSPS) is 11.1. The molecule has 1 aromatic heterocycles. The van der Waals surface area contributed by atoms with Crippen LogP contribution in [0.15, 0.2) is 6.20 Å². The van der Waals surface area contributed by atoms with E-state index in [2.05, 4.69) is 31.1 Å². The summed E-state index contributed by atoms with van der Waals surface area (Å²) in [5.41, 5.74) is 0. The first-order valence-corrected chi connectivity index (χ1v) is 5.68. The Hall–Kier alpha value is -0.410. The van der Waals surface area contributed by atoms with Gasteiger partial charge in [0.15, 0.2) is 0 Å². The van der Waals surface area contributed by atoms with Gasteiger partial charge in [-0.15, -0.1) is 11.3 Å². The van der Waals surface area contributed by atoms with Crippen molar-refractivity contribution in [2.45, 2.75) is 33.7 Å². The highest BCUT2D eigenvalue weighted by Gasteiger charge is 2.03. The second-order valence-corrected chi connectivity index (χ2v) is 4.80. The van der Waals surface area contributed by atoms with Crippen molar-refractivity contribution in [3.05, 3.63) is 16.1 Å². The third kappa shape index (κ3) is 3.87. The lowest BCUT2D eigenvalue weighted by Gasteiger charge is -1.98. The molecule has 0 saturated heterocycles. The minimum absolute atomic E-state index is 0.707. The molecule has 0 bridgehead atoms. The van der Waals surface area contributed by atoms with E-state index in [1.54, 1.807) is 0 Å². The number of hydrogen-bond donors (Lipinski definition) is 1. The fraction of sp³-hybridized carbons (Fsp3) is 0.700. The Balaban J connectivity index is 2.44. The molecule has 3 heteroatoms. The van der Waals surface area contributed by atoms with Crippen molar-refractivity contribution < 1.29 is 0 Å². The first kappa shape index (κ1) is 10.7. The van der Waals surface area contributed by atoms with Crippen molar-refractivity contribution in [3.63, 3.8) is 0 Å². The molecule has 0 aliphatic rings. The van der Waals surface area contributed by atoms with Gasteiger partial charge in [0.05, 0.1) is 5.01 Å². The van der Waals surface area contributed by atoms with Gasteiger partial charge >= 0.3 is 0 Å². The standard InChI is InChI=1S/C10H18N2S/c1-4-11-6-9-7-12-10(13-9)5-8(2)3/h7-8,11H,4-6H2,1-3H3. The van der Waals surface area contributed by atoms with Crippen LogP contribution in [0.4, 0.5) is 0 Å². The van der Waals surface area contributed by atoms with Crippen LogP contribution in [0.5, 0.6) is 0 Å². The maximum Gasteiger partial charge on any atom is 0.0930 e. The fourth-order valence-corrected chi connectivity index (χ4v) is 2.23. The number of aromatic nitrogens is 1. The van der Waals surface area contributed by atoms with Gasteiger partial charge < -0.3 is 5.32 Å². The molecule has 13 heavy (non-hydrogen) atoms. The van der Waals surface area contributed by atoms with Crippen LogP contribution in [0.1, 0.15) is 30.7 Å². The molecule has 0 saturated carbocycles. The summed E-state index contributed by atoms with van der Waals surface area (Å²) in [6, 6.07) is 0. The predicted octanol–water partition coefficient (Wildman–Crippen LogP) is 2.45. The zero-order chi connectivity index (χ0) is 9.68. The molecular formula is C10H18N2S. The lowest BCUT2D eigenvalue weighted by Crippen LogP contribution is -2.10. The molecule has 1 rings (SSSR count). The molecule has 1 heterocycles. The lowest BCUT2D eigenvalue weighted by molar-refractivity contribution is 0.644. The van der Waals surface area contributed by atoms with E-state index in [0.29, 0.717) is 5.92 Å². The average Bonchev–Trinajstić information content (AvgIpc) is 2.48. The molecular weight excluding hydrogens is 180 g/mol. The second-order valence-electron chi connectivity index (χ2n) is 3.60. The highest BCUT2D eigenvalue weighted by Crippen LogP contribution is 2.16. The van der Waals surface area contributed by atoms with Crippen molar-refractivity contribution in [2.75, 3.05) is 6.54 Å². The summed E-state index contributed by atoms with van der Waals surface area (Å²) >= 11 is 1.83. The van der Waals surface area contributed by atoms with E-state index < -0.39 is 0 Å². The van der Waals surface area contributed by atoms with Gasteiger partial charge in [0.25, 0.3) is 0 Å². The van der Waals surface area contributed by atoms with Crippen molar-refractivity contribution in [2.24, 2.45) is 5.92 Å². The molecule has 1 N–H and O–H groups in total. The number of thiazole rings is 1. The van der Waals surface area contributed by atoms with Gasteiger partial charge in [-0.25, -0.2) is 4.98 Å². The lowest BCUT2D eigenvalue weighted by atomic mass is 10.1. The molecule has 0 amide bonds. The molecule has 0 radical (unpaired) electrons. The maximum absolute atomic E-state index is 4.39. The Morgan fingerprint density at radius 1 is 1.54 bits per heavy atom. The van der Waals surface area contributed by atoms with E-state index in [1.807, 2.05) is 17.5 Å². The van der Waals surface area contributed by atoms with Gasteiger partial charge in [-0.3, -0.25) is 0 Å². The molecule has 2 nitrogen and oxygen atoms in total. The summed E-state index contributed by atoms with van der Waals surface area (Å²) < 4.78 is 0. The SMILES string of the molecule is CCNCc1cnc(CC(C)C)s1. The highest BCUT2D eigenvalue weighted by atomic mass is 32.1. The maximum atomic E-state index is 4.39. The highest BCUT2D eigenvalue weighted by molar-refractivity contribution is 7.11. The molecule has 0 aliphatic heterocycles. The Kier molecular flexibility index (Phi) is 4.39. The summed E-state index contributed by atoms with van der Waals surface area (Å²) in [4.78, 5) is 5.73. The van der Waals surface area contributed by atoms with E-state index >= 15 is 0 Å². The van der Waals surface area contributed by atoms with E-state index in [-0.39, 0.29) is 0 Å². The van der Waals surface area contributed by atoms with Gasteiger partial charge in [0, 0.05) is 24.0 Å². The third-order valence-corrected chi connectivity index (χ3v) is 2.75.